The van der Waals surface area contributed by atoms with Crippen molar-refractivity contribution < 1.29 is 53.4 Å². The minimum absolute atomic E-state index is 0.0226. The molecule has 0 spiro atoms. The highest BCUT2D eigenvalue weighted by atomic mass is 32.2. The molecule has 0 unspecified atom stereocenters. The fourth-order valence-corrected chi connectivity index (χ4v) is 5.17. The van der Waals surface area contributed by atoms with Gasteiger partial charge in [0.1, 0.15) is 36.3 Å². The van der Waals surface area contributed by atoms with Crippen LogP contribution in [0.1, 0.15) is 52.1 Å². The van der Waals surface area contributed by atoms with Crippen molar-refractivity contribution in [3.05, 3.63) is 18.2 Å². The zero-order valence-electron chi connectivity index (χ0n) is 30.4. The van der Waals surface area contributed by atoms with Gasteiger partial charge in [-0.3, -0.25) is 38.4 Å². The Balaban J connectivity index is 3.29. The van der Waals surface area contributed by atoms with Gasteiger partial charge in [-0.15, -0.1) is 0 Å². The summed E-state index contributed by atoms with van der Waals surface area (Å²) in [6.07, 6.45) is 2.94. The Hall–Kier alpha value is -5.29. The number of hydrogen-bond donors (Lipinski definition) is 12. The summed E-state index contributed by atoms with van der Waals surface area (Å²) in [4.78, 5) is 121. The summed E-state index contributed by atoms with van der Waals surface area (Å²) in [6, 6.07) is -10.1. The number of carbonyl (C=O) groups is 9. The number of nitrogens with two attached hydrogens (primary N) is 3. The van der Waals surface area contributed by atoms with Crippen LogP contribution in [0.25, 0.3) is 0 Å². The van der Waals surface area contributed by atoms with Gasteiger partial charge in [-0.2, -0.15) is 11.8 Å². The Kier molecular flexibility index (Phi) is 20.2. The largest absolute Gasteiger partial charge is 0.480 e. The molecule has 22 nitrogen and oxygen atoms in total. The molecule has 0 radical (unpaired) electrons. The molecule has 0 saturated carbocycles. The zero-order chi connectivity index (χ0) is 41.1. The van der Waals surface area contributed by atoms with Gasteiger partial charge in [0.2, 0.25) is 47.3 Å². The van der Waals surface area contributed by atoms with Crippen LogP contribution in [0, 0.1) is 5.92 Å². The van der Waals surface area contributed by atoms with E-state index in [4.69, 9.17) is 17.2 Å². The first-order valence-corrected chi connectivity index (χ1v) is 18.1. The van der Waals surface area contributed by atoms with Crippen LogP contribution < -0.4 is 49.1 Å². The van der Waals surface area contributed by atoms with E-state index in [1.807, 2.05) is 6.26 Å². The summed E-state index contributed by atoms with van der Waals surface area (Å²) in [6.45, 7) is 3.78. The van der Waals surface area contributed by atoms with Crippen LogP contribution in [0.3, 0.4) is 0 Å². The zero-order valence-corrected chi connectivity index (χ0v) is 31.2. The summed E-state index contributed by atoms with van der Waals surface area (Å²) < 4.78 is 0. The molecule has 0 aliphatic carbocycles. The number of aromatic nitrogens is 2. The number of nitrogens with zero attached hydrogens (tertiary/aromatic N) is 1. The van der Waals surface area contributed by atoms with Gasteiger partial charge in [0.25, 0.3) is 0 Å². The van der Waals surface area contributed by atoms with E-state index in [0.29, 0.717) is 17.9 Å². The van der Waals surface area contributed by atoms with Crippen molar-refractivity contribution >= 4 is 65.0 Å². The van der Waals surface area contributed by atoms with Gasteiger partial charge in [-0.05, 0) is 37.7 Å². The third-order valence-corrected chi connectivity index (χ3v) is 8.19. The molecule has 23 heteroatoms. The molecule has 54 heavy (non-hydrogen) atoms. The number of primary amides is 2. The maximum Gasteiger partial charge on any atom is 0.328 e. The number of hydrogen-bond acceptors (Lipinski definition) is 13. The number of aliphatic hydroxyl groups is 1. The summed E-state index contributed by atoms with van der Waals surface area (Å²) in [5.41, 5.74) is 16.8. The average Bonchev–Trinajstić information content (AvgIpc) is 3.60. The number of carbonyl (C=O) groups excluding carboxylic acids is 8. The van der Waals surface area contributed by atoms with Gasteiger partial charge in [-0.1, -0.05) is 13.8 Å². The topological polar surface area (TPSA) is 373 Å². The second-order valence-electron chi connectivity index (χ2n) is 12.7. The highest BCUT2D eigenvalue weighted by Crippen LogP contribution is 2.08. The Morgan fingerprint density at radius 1 is 0.741 bits per heavy atom. The Morgan fingerprint density at radius 2 is 1.22 bits per heavy atom. The standard InChI is InChI=1S/C31H51N11O11S/c1-14(2)7-18(27(48)42-22(12-43)31(52)53)39-30(51)21(10-24(34)45)41-28(49)19(8-16-11-35-13-36-16)40-29(50)20(9-23(33)44)38-25(46)15(3)37-26(47)17(32)5-6-54-4/h11,13-15,17-22,43H,5-10,12,32H2,1-4H3,(H2,33,44)(H2,34,45)(H,35,36)(H,37,47)(H,38,46)(H,39,51)(H,40,50)(H,41,49)(H,42,48)(H,52,53)/t15-,17-,18-,19-,20-,21-,22-/m0/s1. The lowest BCUT2D eigenvalue weighted by molar-refractivity contribution is -0.143. The molecular formula is C31H51N11O11S. The van der Waals surface area contributed by atoms with Crippen molar-refractivity contribution in [2.45, 2.75) is 95.2 Å². The number of amides is 8. The molecule has 302 valence electrons. The van der Waals surface area contributed by atoms with E-state index in [1.165, 1.54) is 31.2 Å². The molecule has 0 fully saturated rings. The van der Waals surface area contributed by atoms with Crippen molar-refractivity contribution in [1.82, 2.24) is 41.9 Å². The molecule has 7 atom stereocenters. The van der Waals surface area contributed by atoms with E-state index in [1.54, 1.807) is 13.8 Å². The smallest absolute Gasteiger partial charge is 0.328 e. The number of nitrogens with one attached hydrogen (secondary N) is 7. The van der Waals surface area contributed by atoms with Crippen LogP contribution >= 0.6 is 11.8 Å². The molecule has 15 N–H and O–H groups in total. The second kappa shape index (κ2) is 23.4. The number of carboxylic acids is 1. The number of aliphatic carboxylic acids is 1. The SMILES string of the molecule is CSCC[C@H](N)C(=O)N[C@@H](C)C(=O)N[C@@H](CC(N)=O)C(=O)N[C@@H](Cc1cnc[nH]1)C(=O)N[C@@H](CC(N)=O)C(=O)N[C@@H](CC(C)C)C(=O)N[C@@H](CO)C(=O)O. The van der Waals surface area contributed by atoms with E-state index in [-0.39, 0.29) is 18.8 Å². The third-order valence-electron chi connectivity index (χ3n) is 7.55. The molecule has 1 aromatic heterocycles. The van der Waals surface area contributed by atoms with Gasteiger partial charge in [0.15, 0.2) is 0 Å². The molecule has 0 bridgehead atoms. The van der Waals surface area contributed by atoms with Crippen molar-refractivity contribution in [2.75, 3.05) is 18.6 Å². The van der Waals surface area contributed by atoms with Crippen molar-refractivity contribution in [2.24, 2.45) is 23.1 Å². The summed E-state index contributed by atoms with van der Waals surface area (Å²) >= 11 is 1.47. The lowest BCUT2D eigenvalue weighted by Gasteiger charge is -2.27. The molecule has 0 saturated heterocycles. The van der Waals surface area contributed by atoms with Gasteiger partial charge < -0.3 is 64.3 Å². The van der Waals surface area contributed by atoms with Gasteiger partial charge in [0.05, 0.1) is 31.8 Å². The number of aromatic amines is 1. The molecule has 1 aromatic rings. The van der Waals surface area contributed by atoms with Crippen LogP contribution in [0.5, 0.6) is 0 Å². The third kappa shape index (κ3) is 17.0. The van der Waals surface area contributed by atoms with E-state index in [0.717, 1.165) is 0 Å². The molecule has 1 heterocycles. The quantitative estimate of drug-likeness (QED) is 0.0441. The minimum atomic E-state index is -1.72. The summed E-state index contributed by atoms with van der Waals surface area (Å²) in [5, 5.41) is 32.4. The summed E-state index contributed by atoms with van der Waals surface area (Å²) in [7, 11) is 0. The molecule has 1 rings (SSSR count). The highest BCUT2D eigenvalue weighted by molar-refractivity contribution is 7.98. The predicted molar refractivity (Wildman–Crippen MR) is 192 cm³/mol. The van der Waals surface area contributed by atoms with Gasteiger partial charge >= 0.3 is 5.97 Å². The fraction of sp³-hybridized carbons (Fsp3) is 0.613. The maximum atomic E-state index is 13.7. The van der Waals surface area contributed by atoms with Crippen molar-refractivity contribution in [3.63, 3.8) is 0 Å². The number of H-pyrrole nitrogens is 1. The monoisotopic (exact) mass is 785 g/mol. The predicted octanol–water partition coefficient (Wildman–Crippen LogP) is -5.16. The van der Waals surface area contributed by atoms with E-state index >= 15 is 0 Å². The molecule has 0 aliphatic rings. The minimum Gasteiger partial charge on any atom is -0.480 e. The highest BCUT2D eigenvalue weighted by Gasteiger charge is 2.34. The van der Waals surface area contributed by atoms with Crippen molar-refractivity contribution in [1.29, 1.82) is 0 Å². The molecule has 8 amide bonds. The number of aliphatic hydroxyl groups excluding tert-OH is 1. The number of thioether (sulfide) groups is 1. The molecule has 0 aliphatic heterocycles. The van der Waals surface area contributed by atoms with E-state index in [9.17, 15) is 53.4 Å². The van der Waals surface area contributed by atoms with E-state index in [2.05, 4.69) is 41.9 Å². The second-order valence-corrected chi connectivity index (χ2v) is 13.7. The van der Waals surface area contributed by atoms with Gasteiger partial charge in [0, 0.05) is 18.3 Å². The van der Waals surface area contributed by atoms with E-state index < -0.39 is 115 Å². The molecule has 0 aromatic carbocycles. The number of rotatable bonds is 25. The van der Waals surface area contributed by atoms with Crippen molar-refractivity contribution in [3.8, 4) is 0 Å². The fourth-order valence-electron chi connectivity index (χ4n) is 4.68. The lowest BCUT2D eigenvalue weighted by Crippen LogP contribution is -2.60. The Bertz CT molecular complexity index is 1480. The van der Waals surface area contributed by atoms with Crippen LogP contribution in [-0.4, -0.2) is 134 Å². The Labute approximate surface area is 315 Å². The van der Waals surface area contributed by atoms with Gasteiger partial charge in [-0.25, -0.2) is 9.78 Å². The first kappa shape index (κ1) is 46.7. The molecular weight excluding hydrogens is 734 g/mol. The van der Waals surface area contributed by atoms with Crippen LogP contribution in [0.2, 0.25) is 0 Å². The number of carboxylic acid groups (broad SMARTS) is 1. The first-order chi connectivity index (χ1) is 25.3. The average molecular weight is 786 g/mol. The van der Waals surface area contributed by atoms with Crippen LogP contribution in [-0.2, 0) is 49.6 Å². The lowest BCUT2D eigenvalue weighted by atomic mass is 10.0. The Morgan fingerprint density at radius 3 is 1.69 bits per heavy atom. The van der Waals surface area contributed by atoms with Crippen LogP contribution in [0.15, 0.2) is 12.5 Å². The summed E-state index contributed by atoms with van der Waals surface area (Å²) in [5.74, 6) is -8.91. The maximum absolute atomic E-state index is 13.7. The van der Waals surface area contributed by atoms with Crippen LogP contribution in [0.4, 0.5) is 0 Å². The first-order valence-electron chi connectivity index (χ1n) is 16.7. The normalized spacial score (nSPS) is 14.9. The number of imidazole rings is 1.